The Labute approximate surface area is 111 Å². The van der Waals surface area contributed by atoms with Crippen LogP contribution in [0.3, 0.4) is 0 Å². The van der Waals surface area contributed by atoms with E-state index in [0.29, 0.717) is 10.9 Å². The van der Waals surface area contributed by atoms with Crippen molar-refractivity contribution in [2.75, 3.05) is 12.8 Å². The predicted molar refractivity (Wildman–Crippen MR) is 72.0 cm³/mol. The molecule has 2 rings (SSSR count). The molecule has 0 spiro atoms. The third kappa shape index (κ3) is 3.30. The molecule has 0 radical (unpaired) electrons. The second-order valence-electron chi connectivity index (χ2n) is 4.52. The summed E-state index contributed by atoms with van der Waals surface area (Å²) >= 11 is 3.40. The molecule has 1 saturated heterocycles. The highest BCUT2D eigenvalue weighted by atomic mass is 79.9. The summed E-state index contributed by atoms with van der Waals surface area (Å²) in [6.07, 6.45) is 4.34. The fourth-order valence-electron chi connectivity index (χ4n) is 2.27. The molecule has 0 bridgehead atoms. The van der Waals surface area contributed by atoms with Gasteiger partial charge in [0.05, 0.1) is 4.90 Å². The van der Waals surface area contributed by atoms with Crippen molar-refractivity contribution in [3.05, 3.63) is 28.2 Å². The Bertz CT molecular complexity index is 507. The largest absolute Gasteiger partial charge is 0.314 e. The Balaban J connectivity index is 2.33. The van der Waals surface area contributed by atoms with Crippen LogP contribution in [0.2, 0.25) is 0 Å². The molecule has 1 aromatic rings. The quantitative estimate of drug-likeness (QED) is 0.929. The summed E-state index contributed by atoms with van der Waals surface area (Å²) in [4.78, 5) is 0.453. The molecule has 5 heteroatoms. The van der Waals surface area contributed by atoms with E-state index in [9.17, 15) is 8.42 Å². The lowest BCUT2D eigenvalue weighted by atomic mass is 10.0. The number of benzene rings is 1. The van der Waals surface area contributed by atoms with Crippen LogP contribution in [-0.2, 0) is 16.3 Å². The molecule has 1 aromatic carbocycles. The van der Waals surface area contributed by atoms with E-state index in [4.69, 9.17) is 0 Å². The van der Waals surface area contributed by atoms with Crippen LogP contribution in [0.25, 0.3) is 0 Å². The van der Waals surface area contributed by atoms with Crippen LogP contribution in [0.4, 0.5) is 0 Å². The van der Waals surface area contributed by atoms with Gasteiger partial charge in [-0.3, -0.25) is 0 Å². The van der Waals surface area contributed by atoms with Gasteiger partial charge in [-0.05, 0) is 49.6 Å². The molecule has 94 valence electrons. The van der Waals surface area contributed by atoms with Crippen LogP contribution < -0.4 is 5.32 Å². The van der Waals surface area contributed by atoms with Crippen LogP contribution in [-0.4, -0.2) is 27.3 Å². The molecule has 1 fully saturated rings. The Morgan fingerprint density at radius 3 is 2.82 bits per heavy atom. The standard InChI is InChI=1S/C12H16BrNO2S/c1-17(15,16)12-5-4-10(13)7-9(12)8-11-3-2-6-14-11/h4-5,7,11,14H,2-3,6,8H2,1H3. The van der Waals surface area contributed by atoms with E-state index < -0.39 is 9.84 Å². The first-order valence-electron chi connectivity index (χ1n) is 5.69. The highest BCUT2D eigenvalue weighted by molar-refractivity contribution is 9.10. The molecule has 0 aliphatic carbocycles. The third-order valence-corrected chi connectivity index (χ3v) is 4.74. The van der Waals surface area contributed by atoms with Crippen molar-refractivity contribution >= 4 is 25.8 Å². The second-order valence-corrected chi connectivity index (χ2v) is 7.42. The van der Waals surface area contributed by atoms with Crippen LogP contribution in [0.5, 0.6) is 0 Å². The van der Waals surface area contributed by atoms with Crippen molar-refractivity contribution < 1.29 is 8.42 Å². The van der Waals surface area contributed by atoms with E-state index in [0.717, 1.165) is 29.4 Å². The Morgan fingerprint density at radius 2 is 2.24 bits per heavy atom. The molecule has 1 aliphatic heterocycles. The molecular formula is C12H16BrNO2S. The molecule has 0 aromatic heterocycles. The van der Waals surface area contributed by atoms with Gasteiger partial charge in [0.15, 0.2) is 9.84 Å². The minimum Gasteiger partial charge on any atom is -0.314 e. The Morgan fingerprint density at radius 1 is 1.47 bits per heavy atom. The topological polar surface area (TPSA) is 46.2 Å². The minimum atomic E-state index is -3.14. The average molecular weight is 318 g/mol. The first-order chi connectivity index (χ1) is 7.97. The van der Waals surface area contributed by atoms with E-state index in [1.165, 1.54) is 12.7 Å². The van der Waals surface area contributed by atoms with Crippen molar-refractivity contribution in [3.63, 3.8) is 0 Å². The summed E-state index contributed by atoms with van der Waals surface area (Å²) in [5.41, 5.74) is 0.904. The van der Waals surface area contributed by atoms with Crippen LogP contribution in [0, 0.1) is 0 Å². The fourth-order valence-corrected chi connectivity index (χ4v) is 3.61. The number of halogens is 1. The lowest BCUT2D eigenvalue weighted by molar-refractivity contribution is 0.586. The van der Waals surface area contributed by atoms with Gasteiger partial charge >= 0.3 is 0 Å². The van der Waals surface area contributed by atoms with E-state index in [-0.39, 0.29) is 0 Å². The van der Waals surface area contributed by atoms with E-state index in [2.05, 4.69) is 21.2 Å². The fraction of sp³-hybridized carbons (Fsp3) is 0.500. The molecule has 0 amide bonds. The summed E-state index contributed by atoms with van der Waals surface area (Å²) in [6, 6.07) is 5.78. The van der Waals surface area contributed by atoms with E-state index in [1.807, 2.05) is 6.07 Å². The summed E-state index contributed by atoms with van der Waals surface area (Å²) in [7, 11) is -3.14. The molecule has 17 heavy (non-hydrogen) atoms. The average Bonchev–Trinajstić information content (AvgIpc) is 2.68. The van der Waals surface area contributed by atoms with Gasteiger partial charge < -0.3 is 5.32 Å². The SMILES string of the molecule is CS(=O)(=O)c1ccc(Br)cc1CC1CCCN1. The maximum Gasteiger partial charge on any atom is 0.175 e. The summed E-state index contributed by atoms with van der Waals surface area (Å²) < 4.78 is 24.3. The van der Waals surface area contributed by atoms with Gasteiger partial charge in [0.2, 0.25) is 0 Å². The third-order valence-electron chi connectivity index (χ3n) is 3.05. The molecule has 1 atom stereocenters. The first-order valence-corrected chi connectivity index (χ1v) is 8.37. The Hall–Kier alpha value is -0.390. The normalized spacial score (nSPS) is 20.7. The van der Waals surface area contributed by atoms with Crippen molar-refractivity contribution in [2.45, 2.75) is 30.2 Å². The number of hydrogen-bond acceptors (Lipinski definition) is 3. The summed E-state index contributed by atoms with van der Waals surface area (Å²) in [6.45, 7) is 1.03. The van der Waals surface area contributed by atoms with Crippen LogP contribution in [0.1, 0.15) is 18.4 Å². The van der Waals surface area contributed by atoms with E-state index in [1.54, 1.807) is 12.1 Å². The maximum absolute atomic E-state index is 11.7. The molecular weight excluding hydrogens is 302 g/mol. The molecule has 1 heterocycles. The first kappa shape index (κ1) is 13.1. The molecule has 1 unspecified atom stereocenters. The molecule has 0 saturated carbocycles. The van der Waals surface area contributed by atoms with Crippen molar-refractivity contribution in [2.24, 2.45) is 0 Å². The van der Waals surface area contributed by atoms with Gasteiger partial charge in [-0.15, -0.1) is 0 Å². The molecule has 1 aliphatic rings. The van der Waals surface area contributed by atoms with Gasteiger partial charge in [-0.25, -0.2) is 8.42 Å². The minimum absolute atomic E-state index is 0.407. The maximum atomic E-state index is 11.7. The van der Waals surface area contributed by atoms with E-state index >= 15 is 0 Å². The zero-order valence-electron chi connectivity index (χ0n) is 9.74. The van der Waals surface area contributed by atoms with Crippen molar-refractivity contribution in [1.82, 2.24) is 5.32 Å². The number of hydrogen-bond donors (Lipinski definition) is 1. The monoisotopic (exact) mass is 317 g/mol. The highest BCUT2D eigenvalue weighted by Crippen LogP contribution is 2.23. The van der Waals surface area contributed by atoms with Gasteiger partial charge in [-0.2, -0.15) is 0 Å². The van der Waals surface area contributed by atoms with Crippen LogP contribution >= 0.6 is 15.9 Å². The number of sulfone groups is 1. The summed E-state index contributed by atoms with van der Waals surface area (Å²) in [5, 5.41) is 3.39. The smallest absolute Gasteiger partial charge is 0.175 e. The van der Waals surface area contributed by atoms with Crippen molar-refractivity contribution in [3.8, 4) is 0 Å². The van der Waals surface area contributed by atoms with Gasteiger partial charge in [0.1, 0.15) is 0 Å². The lowest BCUT2D eigenvalue weighted by Gasteiger charge is -2.13. The molecule has 1 N–H and O–H groups in total. The van der Waals surface area contributed by atoms with Gasteiger partial charge in [0.25, 0.3) is 0 Å². The predicted octanol–water partition coefficient (Wildman–Crippen LogP) is 2.15. The number of nitrogens with one attached hydrogen (secondary N) is 1. The molecule has 3 nitrogen and oxygen atoms in total. The zero-order chi connectivity index (χ0) is 12.5. The van der Waals surface area contributed by atoms with Gasteiger partial charge in [0, 0.05) is 16.8 Å². The zero-order valence-corrected chi connectivity index (χ0v) is 12.1. The van der Waals surface area contributed by atoms with Crippen molar-refractivity contribution in [1.29, 1.82) is 0 Å². The lowest BCUT2D eigenvalue weighted by Crippen LogP contribution is -2.24. The second kappa shape index (κ2) is 5.08. The summed E-state index contributed by atoms with van der Waals surface area (Å²) in [5.74, 6) is 0. The number of rotatable bonds is 3. The van der Waals surface area contributed by atoms with Gasteiger partial charge in [-0.1, -0.05) is 15.9 Å². The Kier molecular flexibility index (Phi) is 3.90. The highest BCUT2D eigenvalue weighted by Gasteiger charge is 2.19. The van der Waals surface area contributed by atoms with Crippen LogP contribution in [0.15, 0.2) is 27.6 Å².